The molecule has 0 spiro atoms. The summed E-state index contributed by atoms with van der Waals surface area (Å²) in [4.78, 5) is 26.6. The normalized spacial score (nSPS) is 34.8. The minimum absolute atomic E-state index is 0.0764. The Labute approximate surface area is 277 Å². The van der Waals surface area contributed by atoms with Crippen molar-refractivity contribution in [2.75, 3.05) is 33.8 Å². The van der Waals surface area contributed by atoms with Crippen molar-refractivity contribution < 1.29 is 14.6 Å². The number of likely N-dealkylation sites (N-methyl/N-ethyl adjacent to an activating group) is 1. The molecule has 6 heterocycles. The molecular formula is C40H48N4O3. The molecule has 6 bridgehead atoms. The highest BCUT2D eigenvalue weighted by Crippen LogP contribution is 2.52. The number of H-pyrrole nitrogens is 2. The van der Waals surface area contributed by atoms with Crippen molar-refractivity contribution >= 4 is 27.8 Å². The highest BCUT2D eigenvalue weighted by molar-refractivity contribution is 5.88. The highest BCUT2D eigenvalue weighted by Gasteiger charge is 2.51. The van der Waals surface area contributed by atoms with Gasteiger partial charge >= 0.3 is 5.97 Å². The van der Waals surface area contributed by atoms with Crippen molar-refractivity contribution in [2.45, 2.75) is 76.0 Å². The number of esters is 1. The lowest BCUT2D eigenvalue weighted by Gasteiger charge is -2.54. The first-order valence-corrected chi connectivity index (χ1v) is 17.9. The maximum atomic E-state index is 13.6. The fourth-order valence-electron chi connectivity index (χ4n) is 11.2. The minimum Gasteiger partial charge on any atom is -0.469 e. The summed E-state index contributed by atoms with van der Waals surface area (Å²) in [6, 6.07) is 16.3. The van der Waals surface area contributed by atoms with E-state index in [1.54, 1.807) is 7.11 Å². The number of benzene rings is 2. The number of fused-ring (bicyclic) bond motifs is 9. The SMILES string of the molecule is C/C=C1/CN(C)[C@H]2Cc3c([nH]c4ccccc34)[C@@H](c3ccc4c5c([nH]c4c3)[C@@H]3C[C@H]4C[C@H]([C@@H](C)O)[C@@H]3N(CC5)C4)C[C@@H]1[C@@H]2C(=O)OC. The van der Waals surface area contributed by atoms with Gasteiger partial charge in [-0.1, -0.05) is 42.0 Å². The van der Waals surface area contributed by atoms with Gasteiger partial charge in [-0.2, -0.15) is 0 Å². The van der Waals surface area contributed by atoms with Gasteiger partial charge in [0.15, 0.2) is 0 Å². The van der Waals surface area contributed by atoms with E-state index >= 15 is 0 Å². The summed E-state index contributed by atoms with van der Waals surface area (Å²) >= 11 is 0. The molecule has 7 nitrogen and oxygen atoms in total. The maximum absolute atomic E-state index is 13.6. The van der Waals surface area contributed by atoms with Crippen LogP contribution in [0.4, 0.5) is 0 Å². The number of ether oxygens (including phenoxy) is 1. The number of allylic oxidation sites excluding steroid dienone is 1. The average Bonchev–Trinajstić information content (AvgIpc) is 3.60. The number of likely N-dealkylation sites (tertiary alicyclic amines) is 1. The molecule has 10 rings (SSSR count). The summed E-state index contributed by atoms with van der Waals surface area (Å²) in [6.07, 6.45) is 7.06. The van der Waals surface area contributed by atoms with E-state index in [4.69, 9.17) is 4.74 Å². The van der Waals surface area contributed by atoms with Gasteiger partial charge in [0.05, 0.1) is 19.1 Å². The smallest absolute Gasteiger partial charge is 0.310 e. The van der Waals surface area contributed by atoms with Crippen molar-refractivity contribution in [1.29, 1.82) is 0 Å². The number of carbonyl (C=O) groups is 1. The summed E-state index contributed by atoms with van der Waals surface area (Å²) in [6.45, 7) is 7.26. The van der Waals surface area contributed by atoms with Crippen LogP contribution in [-0.4, -0.2) is 82.8 Å². The fourth-order valence-corrected chi connectivity index (χ4v) is 11.2. The van der Waals surface area contributed by atoms with Crippen molar-refractivity contribution in [1.82, 2.24) is 19.8 Å². The van der Waals surface area contributed by atoms with Gasteiger partial charge < -0.3 is 19.8 Å². The third kappa shape index (κ3) is 4.45. The number of aromatic amines is 2. The molecule has 0 radical (unpaired) electrons. The number of methoxy groups -OCH3 is 1. The standard InChI is InChI=1S/C40H48N4O3/c1-5-23-20-43(3)35-18-31-25-8-6-7-9-33(25)41-38(31)30(17-29(23)36(35)40(46)47-4)24-10-11-26-27-12-13-44-19-22-14-28(21(2)45)39(44)32(15-22)37(27)42-34(26)16-24/h5-11,16,21-22,28-30,32,35-36,39,41-42,45H,12-15,17-20H2,1-4H3/b23-5-/t21-,22-,28-,29+,30-,32+,35+,36+,39+/m1/s1. The van der Waals surface area contributed by atoms with Gasteiger partial charge in [0.25, 0.3) is 0 Å². The number of para-hydroxylation sites is 1. The maximum Gasteiger partial charge on any atom is 0.310 e. The van der Waals surface area contributed by atoms with E-state index in [1.807, 2.05) is 6.92 Å². The lowest BCUT2D eigenvalue weighted by atomic mass is 9.64. The van der Waals surface area contributed by atoms with Crippen LogP contribution in [0.1, 0.15) is 73.0 Å². The van der Waals surface area contributed by atoms with Gasteiger partial charge in [0, 0.05) is 82.7 Å². The van der Waals surface area contributed by atoms with Gasteiger partial charge in [-0.05, 0) is 93.7 Å². The minimum atomic E-state index is -0.273. The first kappa shape index (κ1) is 29.7. The molecule has 47 heavy (non-hydrogen) atoms. The van der Waals surface area contributed by atoms with Gasteiger partial charge in [-0.25, -0.2) is 0 Å². The largest absolute Gasteiger partial charge is 0.469 e. The van der Waals surface area contributed by atoms with E-state index in [2.05, 4.69) is 82.3 Å². The Morgan fingerprint density at radius 2 is 1.83 bits per heavy atom. The topological polar surface area (TPSA) is 84.6 Å². The molecule has 4 aliphatic heterocycles. The predicted molar refractivity (Wildman–Crippen MR) is 186 cm³/mol. The number of hydrogen-bond acceptors (Lipinski definition) is 5. The zero-order valence-electron chi connectivity index (χ0n) is 28.1. The highest BCUT2D eigenvalue weighted by atomic mass is 16.5. The molecule has 3 saturated heterocycles. The lowest BCUT2D eigenvalue weighted by Crippen LogP contribution is -2.58. The number of carbonyl (C=O) groups excluding carboxylic acids is 1. The summed E-state index contributed by atoms with van der Waals surface area (Å²) in [7, 11) is 3.71. The number of nitrogens with zero attached hydrogens (tertiary/aromatic N) is 2. The van der Waals surface area contributed by atoms with Crippen LogP contribution in [0.25, 0.3) is 21.8 Å². The first-order valence-electron chi connectivity index (χ1n) is 17.9. The number of rotatable bonds is 3. The van der Waals surface area contributed by atoms with Crippen LogP contribution in [0.2, 0.25) is 0 Å². The molecule has 0 amide bonds. The molecule has 1 unspecified atom stereocenters. The number of nitrogens with one attached hydrogen (secondary N) is 2. The quantitative estimate of drug-likeness (QED) is 0.187. The summed E-state index contributed by atoms with van der Waals surface area (Å²) in [5, 5.41) is 13.4. The van der Waals surface area contributed by atoms with E-state index in [-0.39, 0.29) is 35.9 Å². The monoisotopic (exact) mass is 632 g/mol. The van der Waals surface area contributed by atoms with Crippen LogP contribution in [0.5, 0.6) is 0 Å². The molecule has 4 fully saturated rings. The average molecular weight is 633 g/mol. The van der Waals surface area contributed by atoms with Crippen LogP contribution in [0, 0.1) is 23.7 Å². The van der Waals surface area contributed by atoms with Gasteiger partial charge in [-0.3, -0.25) is 14.6 Å². The van der Waals surface area contributed by atoms with E-state index < -0.39 is 0 Å². The lowest BCUT2D eigenvalue weighted by molar-refractivity contribution is -0.151. The third-order valence-corrected chi connectivity index (χ3v) is 13.2. The second-order valence-corrected chi connectivity index (χ2v) is 15.5. The van der Waals surface area contributed by atoms with Crippen molar-refractivity contribution in [3.05, 3.63) is 82.2 Å². The van der Waals surface area contributed by atoms with Crippen LogP contribution in [-0.2, 0) is 22.4 Å². The van der Waals surface area contributed by atoms with E-state index in [0.717, 1.165) is 38.8 Å². The predicted octanol–water partition coefficient (Wildman–Crippen LogP) is 6.12. The molecular weight excluding hydrogens is 584 g/mol. The molecule has 246 valence electrons. The number of aromatic nitrogens is 2. The van der Waals surface area contributed by atoms with Crippen LogP contribution in [0.3, 0.4) is 0 Å². The molecule has 7 heteroatoms. The summed E-state index contributed by atoms with van der Waals surface area (Å²) < 4.78 is 5.53. The molecule has 10 atom stereocenters. The zero-order valence-corrected chi connectivity index (χ0v) is 28.1. The van der Waals surface area contributed by atoms with Crippen LogP contribution < -0.4 is 0 Å². The van der Waals surface area contributed by atoms with Gasteiger partial charge in [0.1, 0.15) is 0 Å². The molecule has 2 aromatic heterocycles. The molecule has 6 aliphatic rings. The molecule has 2 aromatic carbocycles. The van der Waals surface area contributed by atoms with E-state index in [0.29, 0.717) is 23.8 Å². The Hall–Kier alpha value is -3.39. The van der Waals surface area contributed by atoms with Gasteiger partial charge in [0.2, 0.25) is 0 Å². The summed E-state index contributed by atoms with van der Waals surface area (Å²) in [5.74, 6) is 1.37. The van der Waals surface area contributed by atoms with E-state index in [9.17, 15) is 9.90 Å². The van der Waals surface area contributed by atoms with Crippen LogP contribution >= 0.6 is 0 Å². The third-order valence-electron chi connectivity index (χ3n) is 13.2. The number of aliphatic hydroxyl groups excluding tert-OH is 1. The Morgan fingerprint density at radius 1 is 1.02 bits per heavy atom. The van der Waals surface area contributed by atoms with Crippen LogP contribution in [0.15, 0.2) is 54.1 Å². The molecule has 1 saturated carbocycles. The number of piperidine rings is 3. The first-order chi connectivity index (χ1) is 22.8. The Bertz CT molecular complexity index is 1900. The summed E-state index contributed by atoms with van der Waals surface area (Å²) in [5.41, 5.74) is 10.6. The molecule has 2 aliphatic carbocycles. The fraction of sp³-hybridized carbons (Fsp3) is 0.525. The van der Waals surface area contributed by atoms with Crippen molar-refractivity contribution in [3.63, 3.8) is 0 Å². The Kier molecular flexibility index (Phi) is 7.01. The van der Waals surface area contributed by atoms with E-state index in [1.165, 1.54) is 68.4 Å². The Balaban J connectivity index is 1.19. The van der Waals surface area contributed by atoms with Crippen molar-refractivity contribution in [3.8, 4) is 0 Å². The van der Waals surface area contributed by atoms with Crippen molar-refractivity contribution in [2.24, 2.45) is 23.7 Å². The number of hydrogen-bond donors (Lipinski definition) is 3. The second kappa shape index (κ2) is 11.1. The van der Waals surface area contributed by atoms with Gasteiger partial charge in [-0.15, -0.1) is 0 Å². The number of aliphatic hydroxyl groups is 1. The molecule has 4 aromatic rings. The molecule has 3 N–H and O–H groups in total. The Morgan fingerprint density at radius 3 is 2.64 bits per heavy atom. The zero-order chi connectivity index (χ0) is 32.1. The second-order valence-electron chi connectivity index (χ2n) is 15.5.